The molecule has 4 heteroatoms. The fourth-order valence-electron chi connectivity index (χ4n) is 3.07. The summed E-state index contributed by atoms with van der Waals surface area (Å²) >= 11 is 0. The summed E-state index contributed by atoms with van der Waals surface area (Å²) in [4.78, 5) is 24.4. The average molecular weight is 323 g/mol. The lowest BCUT2D eigenvalue weighted by Gasteiger charge is -2.23. The van der Waals surface area contributed by atoms with Crippen LogP contribution in [0.15, 0.2) is 54.6 Å². The van der Waals surface area contributed by atoms with Crippen LogP contribution in [0.2, 0.25) is 0 Å². The Hall–Kier alpha value is -2.62. The van der Waals surface area contributed by atoms with Gasteiger partial charge in [0.15, 0.2) is 0 Å². The van der Waals surface area contributed by atoms with Gasteiger partial charge in [0.25, 0.3) is 0 Å². The van der Waals surface area contributed by atoms with Crippen molar-refractivity contribution < 1.29 is 14.3 Å². The zero-order chi connectivity index (χ0) is 17.1. The zero-order valence-electron chi connectivity index (χ0n) is 13.9. The Balaban J connectivity index is 1.70. The molecule has 0 bridgehead atoms. The maximum Gasteiger partial charge on any atom is 0.339 e. The number of rotatable bonds is 5. The van der Waals surface area contributed by atoms with E-state index in [1.54, 1.807) is 12.1 Å². The van der Waals surface area contributed by atoms with E-state index in [2.05, 4.69) is 19.2 Å². The molecular weight excluding hydrogens is 302 g/mol. The standard InChI is InChI=1S/C20H21NO3/c1-13(2)19(14-8-4-3-5-9-14)21-18(22)12-17-15-10-6-7-11-16(15)20(23)24-17/h3-11,13,17,19H,12H2,1-2H3,(H,21,22)/t17-,19+/m0/s1. The summed E-state index contributed by atoms with van der Waals surface area (Å²) in [6.07, 6.45) is -0.365. The van der Waals surface area contributed by atoms with Crippen LogP contribution in [0.3, 0.4) is 0 Å². The predicted molar refractivity (Wildman–Crippen MR) is 91.4 cm³/mol. The molecule has 1 N–H and O–H groups in total. The van der Waals surface area contributed by atoms with Crippen LogP contribution in [-0.2, 0) is 9.53 Å². The van der Waals surface area contributed by atoms with Gasteiger partial charge in [0.05, 0.1) is 18.0 Å². The molecule has 0 aliphatic carbocycles. The van der Waals surface area contributed by atoms with Crippen molar-refractivity contribution in [2.75, 3.05) is 0 Å². The van der Waals surface area contributed by atoms with Crippen LogP contribution in [0.4, 0.5) is 0 Å². The highest BCUT2D eigenvalue weighted by atomic mass is 16.5. The topological polar surface area (TPSA) is 55.4 Å². The number of carbonyl (C=O) groups is 2. The quantitative estimate of drug-likeness (QED) is 0.852. The van der Waals surface area contributed by atoms with Crippen molar-refractivity contribution in [3.63, 3.8) is 0 Å². The molecule has 2 atom stereocenters. The molecule has 2 aromatic carbocycles. The van der Waals surface area contributed by atoms with E-state index in [4.69, 9.17) is 4.74 Å². The van der Waals surface area contributed by atoms with Gasteiger partial charge in [-0.25, -0.2) is 4.79 Å². The van der Waals surface area contributed by atoms with Gasteiger partial charge < -0.3 is 10.1 Å². The normalized spacial score (nSPS) is 17.3. The number of benzene rings is 2. The van der Waals surface area contributed by atoms with Crippen LogP contribution >= 0.6 is 0 Å². The van der Waals surface area contributed by atoms with E-state index in [9.17, 15) is 9.59 Å². The number of nitrogens with one attached hydrogen (secondary N) is 1. The van der Waals surface area contributed by atoms with E-state index in [1.165, 1.54) is 0 Å². The Morgan fingerprint density at radius 2 is 1.75 bits per heavy atom. The number of cyclic esters (lactones) is 1. The Bertz CT molecular complexity index is 740. The lowest BCUT2D eigenvalue weighted by molar-refractivity contribution is -0.124. The molecule has 1 aliphatic rings. The smallest absolute Gasteiger partial charge is 0.339 e. The molecule has 1 heterocycles. The molecule has 3 rings (SSSR count). The molecule has 0 saturated carbocycles. The fourth-order valence-corrected chi connectivity index (χ4v) is 3.07. The third kappa shape index (κ3) is 3.32. The minimum atomic E-state index is -0.503. The van der Waals surface area contributed by atoms with Crippen molar-refractivity contribution in [3.8, 4) is 0 Å². The number of esters is 1. The molecule has 1 amide bonds. The molecule has 124 valence electrons. The van der Waals surface area contributed by atoms with Crippen molar-refractivity contribution >= 4 is 11.9 Å². The molecular formula is C20H21NO3. The van der Waals surface area contributed by atoms with E-state index < -0.39 is 6.10 Å². The number of hydrogen-bond donors (Lipinski definition) is 1. The van der Waals surface area contributed by atoms with Crippen molar-refractivity contribution in [2.45, 2.75) is 32.4 Å². The summed E-state index contributed by atoms with van der Waals surface area (Å²) in [5, 5.41) is 3.08. The largest absolute Gasteiger partial charge is 0.453 e. The molecule has 0 radical (unpaired) electrons. The minimum absolute atomic E-state index is 0.0638. The summed E-state index contributed by atoms with van der Waals surface area (Å²) in [7, 11) is 0. The molecule has 0 aromatic heterocycles. The van der Waals surface area contributed by atoms with Crippen LogP contribution in [0.25, 0.3) is 0 Å². The van der Waals surface area contributed by atoms with Crippen molar-refractivity contribution in [3.05, 3.63) is 71.3 Å². The minimum Gasteiger partial charge on any atom is -0.453 e. The Morgan fingerprint density at radius 3 is 2.46 bits per heavy atom. The highest BCUT2D eigenvalue weighted by molar-refractivity contribution is 5.94. The van der Waals surface area contributed by atoms with Crippen LogP contribution in [0.5, 0.6) is 0 Å². The monoisotopic (exact) mass is 323 g/mol. The number of carbonyl (C=O) groups excluding carboxylic acids is 2. The van der Waals surface area contributed by atoms with Crippen molar-refractivity contribution in [1.29, 1.82) is 0 Å². The van der Waals surface area contributed by atoms with Gasteiger partial charge in [-0.1, -0.05) is 62.4 Å². The highest BCUT2D eigenvalue weighted by Crippen LogP contribution is 2.33. The predicted octanol–water partition coefficient (Wildman–Crippen LogP) is 3.80. The first-order valence-corrected chi connectivity index (χ1v) is 8.20. The zero-order valence-corrected chi connectivity index (χ0v) is 13.9. The summed E-state index contributed by atoms with van der Waals surface area (Å²) in [5.41, 5.74) is 2.42. The first-order chi connectivity index (χ1) is 11.6. The Kier molecular flexibility index (Phi) is 4.65. The average Bonchev–Trinajstić information content (AvgIpc) is 2.89. The number of hydrogen-bond acceptors (Lipinski definition) is 3. The Labute approximate surface area is 141 Å². The molecule has 1 aliphatic heterocycles. The van der Waals surface area contributed by atoms with Gasteiger partial charge in [0.1, 0.15) is 6.10 Å². The van der Waals surface area contributed by atoms with E-state index in [1.807, 2.05) is 42.5 Å². The van der Waals surface area contributed by atoms with E-state index >= 15 is 0 Å². The summed E-state index contributed by atoms with van der Waals surface area (Å²) in [5.74, 6) is -0.214. The fraction of sp³-hybridized carbons (Fsp3) is 0.300. The van der Waals surface area contributed by atoms with Crippen LogP contribution in [-0.4, -0.2) is 11.9 Å². The van der Waals surface area contributed by atoms with Gasteiger partial charge in [-0.15, -0.1) is 0 Å². The second-order valence-electron chi connectivity index (χ2n) is 6.39. The van der Waals surface area contributed by atoms with Gasteiger partial charge in [0, 0.05) is 5.56 Å². The highest BCUT2D eigenvalue weighted by Gasteiger charge is 2.32. The molecule has 24 heavy (non-hydrogen) atoms. The molecule has 0 fully saturated rings. The second kappa shape index (κ2) is 6.87. The summed E-state index contributed by atoms with van der Waals surface area (Å²) < 4.78 is 5.35. The number of ether oxygens (including phenoxy) is 1. The van der Waals surface area contributed by atoms with Gasteiger partial charge in [-0.2, -0.15) is 0 Å². The lowest BCUT2D eigenvalue weighted by atomic mass is 9.95. The van der Waals surface area contributed by atoms with Crippen molar-refractivity contribution in [2.24, 2.45) is 5.92 Å². The maximum atomic E-state index is 12.5. The maximum absolute atomic E-state index is 12.5. The lowest BCUT2D eigenvalue weighted by Crippen LogP contribution is -2.32. The van der Waals surface area contributed by atoms with Crippen molar-refractivity contribution in [1.82, 2.24) is 5.32 Å². The molecule has 0 spiro atoms. The first-order valence-electron chi connectivity index (χ1n) is 8.20. The summed E-state index contributed by atoms with van der Waals surface area (Å²) in [6.45, 7) is 4.14. The molecule has 0 unspecified atom stereocenters. The van der Waals surface area contributed by atoms with E-state index in [0.717, 1.165) is 11.1 Å². The third-order valence-corrected chi connectivity index (χ3v) is 4.29. The first kappa shape index (κ1) is 16.2. The number of fused-ring (bicyclic) bond motifs is 1. The van der Waals surface area contributed by atoms with Gasteiger partial charge in [-0.05, 0) is 17.5 Å². The SMILES string of the molecule is CC(C)[C@@H](NC(=O)C[C@@H]1OC(=O)c2ccccc21)c1ccccc1. The third-order valence-electron chi connectivity index (χ3n) is 4.29. The molecule has 4 nitrogen and oxygen atoms in total. The van der Waals surface area contributed by atoms with Gasteiger partial charge in [-0.3, -0.25) is 4.79 Å². The van der Waals surface area contributed by atoms with Crippen LogP contribution in [0, 0.1) is 5.92 Å². The molecule has 2 aromatic rings. The van der Waals surface area contributed by atoms with Crippen LogP contribution in [0.1, 0.15) is 53.9 Å². The van der Waals surface area contributed by atoms with E-state index in [0.29, 0.717) is 5.56 Å². The summed E-state index contributed by atoms with van der Waals surface area (Å²) in [6, 6.07) is 17.1. The van der Waals surface area contributed by atoms with Gasteiger partial charge >= 0.3 is 5.97 Å². The number of amides is 1. The Morgan fingerprint density at radius 1 is 1.08 bits per heavy atom. The van der Waals surface area contributed by atoms with E-state index in [-0.39, 0.29) is 30.3 Å². The second-order valence-corrected chi connectivity index (χ2v) is 6.39. The van der Waals surface area contributed by atoms with Gasteiger partial charge in [0.2, 0.25) is 5.91 Å². The van der Waals surface area contributed by atoms with Crippen LogP contribution < -0.4 is 5.32 Å². The molecule has 0 saturated heterocycles.